The van der Waals surface area contributed by atoms with E-state index in [0.29, 0.717) is 17.3 Å². The van der Waals surface area contributed by atoms with Gasteiger partial charge in [0.1, 0.15) is 0 Å². The van der Waals surface area contributed by atoms with E-state index in [0.717, 1.165) is 44.8 Å². The van der Waals surface area contributed by atoms with E-state index < -0.39 is 0 Å². The van der Waals surface area contributed by atoms with Crippen molar-refractivity contribution in [2.24, 2.45) is 10.1 Å². The van der Waals surface area contributed by atoms with Crippen LogP contribution in [0.15, 0.2) is 93.9 Å². The predicted octanol–water partition coefficient (Wildman–Crippen LogP) is 6.86. The van der Waals surface area contributed by atoms with Crippen LogP contribution in [-0.2, 0) is 0 Å². The number of halogens is 1. The van der Waals surface area contributed by atoms with E-state index in [1.165, 1.54) is 0 Å². The number of carbonyl (C=O) groups is 1. The SMILES string of the molecule is CN(C)c1ccc(/C=C2\SC(=O)N=C2N2N=C(c3ccccc3)C[C@@H]2c2ccc(Cl)cc2)cc1. The highest BCUT2D eigenvalue weighted by Crippen LogP contribution is 2.39. The Balaban J connectivity index is 1.53. The van der Waals surface area contributed by atoms with E-state index in [4.69, 9.17) is 16.7 Å². The number of hydrogen-bond donors (Lipinski definition) is 0. The molecule has 1 atom stereocenters. The van der Waals surface area contributed by atoms with Gasteiger partial charge < -0.3 is 4.90 Å². The lowest BCUT2D eigenvalue weighted by Crippen LogP contribution is -2.26. The summed E-state index contributed by atoms with van der Waals surface area (Å²) in [5.41, 5.74) is 5.21. The molecular formula is C27H23ClN4OS. The van der Waals surface area contributed by atoms with E-state index in [1.807, 2.05) is 79.8 Å². The third-order valence-electron chi connectivity index (χ3n) is 5.81. The van der Waals surface area contributed by atoms with Crippen LogP contribution in [0.4, 0.5) is 10.5 Å². The second-order valence-electron chi connectivity index (χ2n) is 8.33. The van der Waals surface area contributed by atoms with Crippen LogP contribution in [-0.4, -0.2) is 35.9 Å². The zero-order chi connectivity index (χ0) is 23.7. The number of thioether (sulfide) groups is 1. The van der Waals surface area contributed by atoms with Crippen molar-refractivity contribution < 1.29 is 4.79 Å². The first-order valence-corrected chi connectivity index (χ1v) is 12.1. The van der Waals surface area contributed by atoms with Crippen molar-refractivity contribution in [1.82, 2.24) is 5.01 Å². The maximum Gasteiger partial charge on any atom is 0.311 e. The Hall–Kier alpha value is -3.35. The van der Waals surface area contributed by atoms with E-state index in [9.17, 15) is 4.79 Å². The predicted molar refractivity (Wildman–Crippen MR) is 143 cm³/mol. The molecule has 2 aliphatic rings. The fourth-order valence-corrected chi connectivity index (χ4v) is 4.91. The first-order chi connectivity index (χ1) is 16.5. The number of amidine groups is 1. The minimum atomic E-state index is -0.232. The molecule has 0 unspecified atom stereocenters. The lowest BCUT2D eigenvalue weighted by atomic mass is 9.98. The average molecular weight is 487 g/mol. The Morgan fingerprint density at radius 3 is 2.38 bits per heavy atom. The highest BCUT2D eigenvalue weighted by molar-refractivity contribution is 8.18. The van der Waals surface area contributed by atoms with Gasteiger partial charge in [0.25, 0.3) is 0 Å². The Morgan fingerprint density at radius 1 is 1.00 bits per heavy atom. The Kier molecular flexibility index (Phi) is 6.26. The molecular weight excluding hydrogens is 464 g/mol. The minimum Gasteiger partial charge on any atom is -0.378 e. The summed E-state index contributed by atoms with van der Waals surface area (Å²) in [5, 5.41) is 7.30. The van der Waals surface area contributed by atoms with Crippen LogP contribution in [0.25, 0.3) is 6.08 Å². The van der Waals surface area contributed by atoms with Crippen LogP contribution in [0.2, 0.25) is 5.02 Å². The van der Waals surface area contributed by atoms with Gasteiger partial charge in [-0.25, -0.2) is 5.01 Å². The van der Waals surface area contributed by atoms with Crippen molar-refractivity contribution in [2.45, 2.75) is 12.5 Å². The number of carbonyl (C=O) groups excluding carboxylic acids is 1. The zero-order valence-corrected chi connectivity index (χ0v) is 20.4. The van der Waals surface area contributed by atoms with Gasteiger partial charge >= 0.3 is 5.24 Å². The van der Waals surface area contributed by atoms with Gasteiger partial charge in [-0.2, -0.15) is 10.1 Å². The van der Waals surface area contributed by atoms with Crippen molar-refractivity contribution >= 4 is 51.9 Å². The maximum atomic E-state index is 12.4. The molecule has 5 nitrogen and oxygen atoms in total. The Bertz CT molecular complexity index is 1300. The topological polar surface area (TPSA) is 48.3 Å². The highest BCUT2D eigenvalue weighted by atomic mass is 35.5. The zero-order valence-electron chi connectivity index (χ0n) is 18.9. The number of hydrazone groups is 1. The van der Waals surface area contributed by atoms with Gasteiger partial charge in [0.05, 0.1) is 16.7 Å². The molecule has 1 amide bonds. The lowest BCUT2D eigenvalue weighted by molar-refractivity contribution is 0.267. The van der Waals surface area contributed by atoms with Crippen LogP contribution in [0.1, 0.15) is 29.2 Å². The fraction of sp³-hybridized carbons (Fsp3) is 0.148. The molecule has 3 aromatic rings. The largest absolute Gasteiger partial charge is 0.378 e. The summed E-state index contributed by atoms with van der Waals surface area (Å²) < 4.78 is 0. The van der Waals surface area contributed by atoms with Gasteiger partial charge in [0.15, 0.2) is 5.84 Å². The van der Waals surface area contributed by atoms with Gasteiger partial charge in [0, 0.05) is 31.2 Å². The molecule has 0 bridgehead atoms. The lowest BCUT2D eigenvalue weighted by Gasteiger charge is -2.24. The molecule has 5 rings (SSSR count). The van der Waals surface area contributed by atoms with E-state index >= 15 is 0 Å². The van der Waals surface area contributed by atoms with E-state index in [1.54, 1.807) is 0 Å². The summed E-state index contributed by atoms with van der Waals surface area (Å²) in [7, 11) is 4.02. The average Bonchev–Trinajstić information content (AvgIpc) is 3.44. The standard InChI is InChI=1S/C27H23ClN4OS/c1-31(2)22-14-8-18(9-15-22)16-25-26(29-27(33)34-25)32-24(20-10-12-21(28)13-11-20)17-23(30-32)19-6-4-3-5-7-19/h3-16,24H,17H2,1-2H3/b25-16-/t24-/m1/s1. The normalized spacial score (nSPS) is 18.9. The van der Waals surface area contributed by atoms with Gasteiger partial charge in [-0.15, -0.1) is 0 Å². The summed E-state index contributed by atoms with van der Waals surface area (Å²) in [6.45, 7) is 0. The molecule has 0 aromatic heterocycles. The number of amides is 1. The summed E-state index contributed by atoms with van der Waals surface area (Å²) in [4.78, 5) is 19.6. The summed E-state index contributed by atoms with van der Waals surface area (Å²) in [6, 6.07) is 26.0. The second-order valence-corrected chi connectivity index (χ2v) is 9.76. The molecule has 0 aliphatic carbocycles. The summed E-state index contributed by atoms with van der Waals surface area (Å²) >= 11 is 7.28. The van der Waals surface area contributed by atoms with Crippen LogP contribution >= 0.6 is 23.4 Å². The van der Waals surface area contributed by atoms with Crippen molar-refractivity contribution in [3.05, 3.63) is 105 Å². The smallest absolute Gasteiger partial charge is 0.311 e. The number of benzene rings is 3. The number of hydrogen-bond acceptors (Lipinski definition) is 5. The van der Waals surface area contributed by atoms with Crippen LogP contribution < -0.4 is 4.90 Å². The van der Waals surface area contributed by atoms with Crippen molar-refractivity contribution in [3.63, 3.8) is 0 Å². The maximum absolute atomic E-state index is 12.4. The number of anilines is 1. The molecule has 3 aromatic carbocycles. The van der Waals surface area contributed by atoms with Crippen molar-refractivity contribution in [2.75, 3.05) is 19.0 Å². The third kappa shape index (κ3) is 4.65. The monoisotopic (exact) mass is 486 g/mol. The van der Waals surface area contributed by atoms with Gasteiger partial charge in [-0.1, -0.05) is 66.2 Å². The molecule has 2 heterocycles. The molecule has 170 valence electrons. The number of nitrogens with zero attached hydrogens (tertiary/aromatic N) is 4. The van der Waals surface area contributed by atoms with E-state index in [2.05, 4.69) is 34.2 Å². The molecule has 0 radical (unpaired) electrons. The van der Waals surface area contributed by atoms with Crippen molar-refractivity contribution in [1.29, 1.82) is 0 Å². The number of rotatable bonds is 4. The van der Waals surface area contributed by atoms with Gasteiger partial charge in [-0.3, -0.25) is 4.79 Å². The van der Waals surface area contributed by atoms with E-state index in [-0.39, 0.29) is 11.3 Å². The molecule has 2 aliphatic heterocycles. The fourth-order valence-electron chi connectivity index (χ4n) is 4.04. The summed E-state index contributed by atoms with van der Waals surface area (Å²) in [5.74, 6) is 0.581. The summed E-state index contributed by atoms with van der Waals surface area (Å²) in [6.07, 6.45) is 2.71. The van der Waals surface area contributed by atoms with Crippen LogP contribution in [0.3, 0.4) is 0 Å². The highest BCUT2D eigenvalue weighted by Gasteiger charge is 2.36. The van der Waals surface area contributed by atoms with Gasteiger partial charge in [-0.05, 0) is 58.8 Å². The molecule has 0 saturated carbocycles. The first kappa shape index (κ1) is 22.4. The van der Waals surface area contributed by atoms with Gasteiger partial charge in [0.2, 0.25) is 0 Å². The third-order valence-corrected chi connectivity index (χ3v) is 6.85. The Morgan fingerprint density at radius 2 is 1.71 bits per heavy atom. The Labute approximate surface area is 208 Å². The van der Waals surface area contributed by atoms with Crippen molar-refractivity contribution in [3.8, 4) is 0 Å². The van der Waals surface area contributed by atoms with Crippen LogP contribution in [0, 0.1) is 0 Å². The molecule has 34 heavy (non-hydrogen) atoms. The van der Waals surface area contributed by atoms with Crippen LogP contribution in [0.5, 0.6) is 0 Å². The molecule has 0 spiro atoms. The first-order valence-electron chi connectivity index (χ1n) is 11.0. The molecule has 7 heteroatoms. The number of aliphatic imine (C=N–C) groups is 1. The second kappa shape index (κ2) is 9.49. The quantitative estimate of drug-likeness (QED) is 0.404. The molecule has 0 N–H and O–H groups in total. The molecule has 0 saturated heterocycles. The minimum absolute atomic E-state index is 0.0859. The molecule has 0 fully saturated rings.